The van der Waals surface area contributed by atoms with E-state index in [4.69, 9.17) is 4.74 Å². The molecule has 31 heavy (non-hydrogen) atoms. The number of aromatic nitrogens is 2. The molecule has 2 heterocycles. The van der Waals surface area contributed by atoms with E-state index in [0.717, 1.165) is 28.6 Å². The van der Waals surface area contributed by atoms with Crippen molar-refractivity contribution in [1.82, 2.24) is 9.38 Å². The molecule has 0 radical (unpaired) electrons. The van der Waals surface area contributed by atoms with Crippen LogP contribution >= 0.6 is 11.8 Å². The molecule has 0 N–H and O–H groups in total. The summed E-state index contributed by atoms with van der Waals surface area (Å²) >= 11 is 0.881. The number of imidazole rings is 1. The first-order valence-corrected chi connectivity index (χ1v) is 9.90. The van der Waals surface area contributed by atoms with E-state index in [9.17, 15) is 25.0 Å². The SMILES string of the molecule is CCOC(=O)c1c(Sc2ccc([N+](=O)[O-])cc2[N+](=O)[O-])nc2c3ccccc3ccn12. The average Bonchev–Trinajstić information content (AvgIpc) is 3.12. The highest BCUT2D eigenvalue weighted by Crippen LogP contribution is 2.39. The predicted molar refractivity (Wildman–Crippen MR) is 113 cm³/mol. The third-order valence-corrected chi connectivity index (χ3v) is 5.55. The predicted octanol–water partition coefficient (Wildman–Crippen LogP) is 4.63. The largest absolute Gasteiger partial charge is 0.461 e. The van der Waals surface area contributed by atoms with Crippen molar-refractivity contribution in [2.45, 2.75) is 16.8 Å². The molecule has 0 aliphatic carbocycles. The summed E-state index contributed by atoms with van der Waals surface area (Å²) < 4.78 is 6.76. The molecule has 0 bridgehead atoms. The number of esters is 1. The maximum absolute atomic E-state index is 12.7. The highest BCUT2D eigenvalue weighted by atomic mass is 32.2. The zero-order valence-electron chi connectivity index (χ0n) is 16.0. The molecule has 4 rings (SSSR count). The first-order chi connectivity index (χ1) is 14.9. The number of carbonyl (C=O) groups excluding carboxylic acids is 1. The van der Waals surface area contributed by atoms with Crippen molar-refractivity contribution in [3.63, 3.8) is 0 Å². The molecule has 0 fully saturated rings. The van der Waals surface area contributed by atoms with Crippen LogP contribution in [0.15, 0.2) is 64.6 Å². The molecule has 10 nitrogen and oxygen atoms in total. The minimum atomic E-state index is -0.706. The Bertz CT molecular complexity index is 1370. The van der Waals surface area contributed by atoms with E-state index >= 15 is 0 Å². The van der Waals surface area contributed by atoms with Crippen LogP contribution in [0.4, 0.5) is 11.4 Å². The van der Waals surface area contributed by atoms with Crippen molar-refractivity contribution in [1.29, 1.82) is 0 Å². The molecular formula is C20H14N4O6S. The number of hydrogen-bond donors (Lipinski definition) is 0. The number of carbonyl (C=O) groups is 1. The van der Waals surface area contributed by atoms with E-state index in [-0.39, 0.29) is 22.2 Å². The Kier molecular flexibility index (Phi) is 5.26. The van der Waals surface area contributed by atoms with Crippen LogP contribution in [0, 0.1) is 20.2 Å². The molecule has 0 unspecified atom stereocenters. The van der Waals surface area contributed by atoms with Crippen LogP contribution in [0.5, 0.6) is 0 Å². The Morgan fingerprint density at radius 2 is 1.90 bits per heavy atom. The van der Waals surface area contributed by atoms with Gasteiger partial charge in [0.25, 0.3) is 11.4 Å². The van der Waals surface area contributed by atoms with E-state index in [0.29, 0.717) is 5.65 Å². The second-order valence-electron chi connectivity index (χ2n) is 6.35. The fourth-order valence-corrected chi connectivity index (χ4v) is 4.15. The molecule has 11 heteroatoms. The summed E-state index contributed by atoms with van der Waals surface area (Å²) in [5.74, 6) is -0.627. The number of non-ortho nitro benzene ring substituents is 1. The van der Waals surface area contributed by atoms with E-state index < -0.39 is 27.2 Å². The van der Waals surface area contributed by atoms with Crippen molar-refractivity contribution in [3.8, 4) is 0 Å². The van der Waals surface area contributed by atoms with Crippen LogP contribution in [0.25, 0.3) is 16.4 Å². The number of pyridine rings is 1. The summed E-state index contributed by atoms with van der Waals surface area (Å²) in [6, 6.07) is 12.6. The van der Waals surface area contributed by atoms with Gasteiger partial charge in [-0.2, -0.15) is 0 Å². The number of fused-ring (bicyclic) bond motifs is 3. The summed E-state index contributed by atoms with van der Waals surface area (Å²) in [6.07, 6.45) is 1.69. The molecule has 0 aliphatic rings. The van der Waals surface area contributed by atoms with E-state index in [1.54, 1.807) is 17.5 Å². The Morgan fingerprint density at radius 1 is 1.13 bits per heavy atom. The van der Waals surface area contributed by atoms with Gasteiger partial charge in [0, 0.05) is 17.6 Å². The number of hydrogen-bond acceptors (Lipinski definition) is 8. The summed E-state index contributed by atoms with van der Waals surface area (Å²) in [5.41, 5.74) is -0.230. The number of nitro groups is 2. The van der Waals surface area contributed by atoms with Gasteiger partial charge in [-0.3, -0.25) is 24.6 Å². The van der Waals surface area contributed by atoms with Gasteiger partial charge in [-0.15, -0.1) is 0 Å². The van der Waals surface area contributed by atoms with Gasteiger partial charge in [0.2, 0.25) is 0 Å². The number of ether oxygens (including phenoxy) is 1. The lowest BCUT2D eigenvalue weighted by Crippen LogP contribution is -2.09. The van der Waals surface area contributed by atoms with E-state index in [1.165, 1.54) is 12.1 Å². The van der Waals surface area contributed by atoms with Gasteiger partial charge in [-0.05, 0) is 24.4 Å². The van der Waals surface area contributed by atoms with Crippen molar-refractivity contribution in [3.05, 3.63) is 80.7 Å². The first-order valence-electron chi connectivity index (χ1n) is 9.08. The molecule has 156 valence electrons. The normalized spacial score (nSPS) is 11.0. The summed E-state index contributed by atoms with van der Waals surface area (Å²) in [7, 11) is 0. The van der Waals surface area contributed by atoms with Crippen LogP contribution < -0.4 is 0 Å². The molecular weight excluding hydrogens is 424 g/mol. The van der Waals surface area contributed by atoms with Crippen molar-refractivity contribution in [2.75, 3.05) is 6.61 Å². The van der Waals surface area contributed by atoms with Crippen LogP contribution in [-0.2, 0) is 4.74 Å². The molecule has 2 aromatic heterocycles. The zero-order valence-corrected chi connectivity index (χ0v) is 16.9. The smallest absolute Gasteiger partial charge is 0.358 e. The van der Waals surface area contributed by atoms with Gasteiger partial charge in [0.15, 0.2) is 5.69 Å². The van der Waals surface area contributed by atoms with Crippen molar-refractivity contribution in [2.24, 2.45) is 0 Å². The number of nitro benzene ring substituents is 2. The lowest BCUT2D eigenvalue weighted by atomic mass is 10.2. The van der Waals surface area contributed by atoms with Gasteiger partial charge in [0.05, 0.1) is 27.4 Å². The molecule has 0 atom stereocenters. The third kappa shape index (κ3) is 3.66. The first kappa shape index (κ1) is 20.3. The highest BCUT2D eigenvalue weighted by molar-refractivity contribution is 7.99. The average molecular weight is 438 g/mol. The second-order valence-corrected chi connectivity index (χ2v) is 7.38. The summed E-state index contributed by atoms with van der Waals surface area (Å²) in [5, 5.41) is 24.4. The molecule has 2 aromatic carbocycles. The summed E-state index contributed by atoms with van der Waals surface area (Å²) in [6.45, 7) is 1.81. The second kappa shape index (κ2) is 8.03. The van der Waals surface area contributed by atoms with Crippen LogP contribution in [0.2, 0.25) is 0 Å². The Balaban J connectivity index is 1.92. The highest BCUT2D eigenvalue weighted by Gasteiger charge is 2.26. The van der Waals surface area contributed by atoms with Crippen molar-refractivity contribution < 1.29 is 19.4 Å². The lowest BCUT2D eigenvalue weighted by Gasteiger charge is -2.06. The third-order valence-electron chi connectivity index (χ3n) is 4.51. The fourth-order valence-electron chi connectivity index (χ4n) is 3.16. The standard InChI is InChI=1S/C20H14N4O6S/c1-2-30-20(25)17-19(21-18-14-6-4-3-5-12(14)9-10-22(17)18)31-16-8-7-13(23(26)27)11-15(16)24(28)29/h3-11H,2H2,1H3. The Morgan fingerprint density at radius 3 is 2.61 bits per heavy atom. The molecule has 0 saturated carbocycles. The van der Waals surface area contributed by atoms with E-state index in [2.05, 4.69) is 4.98 Å². The Labute approximate surface area is 178 Å². The fraction of sp³-hybridized carbons (Fsp3) is 0.100. The monoisotopic (exact) mass is 438 g/mol. The molecule has 0 saturated heterocycles. The minimum absolute atomic E-state index is 0.119. The zero-order chi connectivity index (χ0) is 22.1. The number of nitrogens with zero attached hydrogens (tertiary/aromatic N) is 4. The van der Waals surface area contributed by atoms with Gasteiger partial charge >= 0.3 is 5.97 Å². The van der Waals surface area contributed by atoms with Crippen LogP contribution in [-0.4, -0.2) is 31.8 Å². The molecule has 0 spiro atoms. The molecule has 0 aliphatic heterocycles. The van der Waals surface area contributed by atoms with Crippen LogP contribution in [0.3, 0.4) is 0 Å². The quantitative estimate of drug-likeness (QED) is 0.242. The number of benzene rings is 2. The van der Waals surface area contributed by atoms with Gasteiger partial charge in [0.1, 0.15) is 10.7 Å². The van der Waals surface area contributed by atoms with Crippen LogP contribution in [0.1, 0.15) is 17.4 Å². The Hall–Kier alpha value is -3.99. The molecule has 0 amide bonds. The molecule has 4 aromatic rings. The van der Waals surface area contributed by atoms with Gasteiger partial charge < -0.3 is 4.74 Å². The lowest BCUT2D eigenvalue weighted by molar-refractivity contribution is -0.396. The van der Waals surface area contributed by atoms with E-state index in [1.807, 2.05) is 30.3 Å². The van der Waals surface area contributed by atoms with Gasteiger partial charge in [-0.1, -0.05) is 36.0 Å². The maximum atomic E-state index is 12.7. The summed E-state index contributed by atoms with van der Waals surface area (Å²) in [4.78, 5) is 38.5. The maximum Gasteiger partial charge on any atom is 0.358 e. The topological polar surface area (TPSA) is 130 Å². The van der Waals surface area contributed by atoms with Crippen molar-refractivity contribution >= 4 is 45.5 Å². The van der Waals surface area contributed by atoms with Gasteiger partial charge in [-0.25, -0.2) is 9.78 Å². The minimum Gasteiger partial charge on any atom is -0.461 e. The number of rotatable bonds is 6.